The topological polar surface area (TPSA) is 34.1 Å². The van der Waals surface area contributed by atoms with Crippen LogP contribution in [0.4, 0.5) is 0 Å². The Balaban J connectivity index is 3.20. The molecule has 0 spiro atoms. The van der Waals surface area contributed by atoms with Crippen molar-refractivity contribution in [2.75, 3.05) is 5.75 Å². The van der Waals surface area contributed by atoms with Gasteiger partial charge in [0.05, 0.1) is 15.7 Å². The molecule has 2 nitrogen and oxygen atoms in total. The van der Waals surface area contributed by atoms with Crippen molar-refractivity contribution >= 4 is 37.4 Å². The highest BCUT2D eigenvalue weighted by atomic mass is 79.9. The largest absolute Gasteiger partial charge is 0.224 e. The molecule has 14 heavy (non-hydrogen) atoms. The zero-order valence-corrected chi connectivity index (χ0v) is 10.8. The predicted molar refractivity (Wildman–Crippen MR) is 61.5 cm³/mol. The van der Waals surface area contributed by atoms with Crippen LogP contribution in [0.3, 0.4) is 0 Å². The zero-order valence-electron chi connectivity index (χ0n) is 7.63. The van der Waals surface area contributed by atoms with Crippen molar-refractivity contribution in [3.63, 3.8) is 0 Å². The van der Waals surface area contributed by atoms with Crippen LogP contribution in [0.1, 0.15) is 13.3 Å². The van der Waals surface area contributed by atoms with E-state index in [0.717, 1.165) is 4.47 Å². The van der Waals surface area contributed by atoms with Gasteiger partial charge in [0.1, 0.15) is 0 Å². The number of benzene rings is 1. The molecule has 78 valence electrons. The summed E-state index contributed by atoms with van der Waals surface area (Å²) in [6.45, 7) is 1.82. The molecule has 0 heterocycles. The average Bonchev–Trinajstić information content (AvgIpc) is 2.02. The number of sulfone groups is 1. The molecule has 0 fully saturated rings. The van der Waals surface area contributed by atoms with Gasteiger partial charge in [-0.15, -0.1) is 0 Å². The van der Waals surface area contributed by atoms with Gasteiger partial charge in [-0.3, -0.25) is 0 Å². The second-order valence-electron chi connectivity index (χ2n) is 2.89. The van der Waals surface area contributed by atoms with Crippen LogP contribution < -0.4 is 0 Å². The van der Waals surface area contributed by atoms with E-state index in [1.807, 2.05) is 6.92 Å². The quantitative estimate of drug-likeness (QED) is 0.858. The van der Waals surface area contributed by atoms with Gasteiger partial charge in [-0.1, -0.05) is 34.5 Å². The van der Waals surface area contributed by atoms with Crippen LogP contribution in [-0.4, -0.2) is 14.2 Å². The molecule has 0 unspecified atom stereocenters. The first-order valence-electron chi connectivity index (χ1n) is 4.15. The minimum absolute atomic E-state index is 0.133. The lowest BCUT2D eigenvalue weighted by Crippen LogP contribution is -2.06. The lowest BCUT2D eigenvalue weighted by Gasteiger charge is -2.05. The normalized spacial score (nSPS) is 11.6. The first-order valence-corrected chi connectivity index (χ1v) is 6.97. The molecule has 0 aliphatic carbocycles. The highest BCUT2D eigenvalue weighted by Crippen LogP contribution is 2.26. The van der Waals surface area contributed by atoms with Crippen molar-refractivity contribution in [2.24, 2.45) is 0 Å². The van der Waals surface area contributed by atoms with Crippen molar-refractivity contribution in [2.45, 2.75) is 18.2 Å². The summed E-state index contributed by atoms with van der Waals surface area (Å²) in [5.74, 6) is 0.133. The number of hydrogen-bond acceptors (Lipinski definition) is 2. The number of halogens is 2. The fraction of sp³-hybridized carbons (Fsp3) is 0.333. The van der Waals surface area contributed by atoms with Gasteiger partial charge < -0.3 is 0 Å². The third-order valence-corrected chi connectivity index (χ3v) is 4.59. The van der Waals surface area contributed by atoms with Crippen molar-refractivity contribution < 1.29 is 8.42 Å². The minimum atomic E-state index is -3.21. The Morgan fingerprint density at radius 2 is 2.07 bits per heavy atom. The van der Waals surface area contributed by atoms with E-state index in [0.29, 0.717) is 6.42 Å². The van der Waals surface area contributed by atoms with Crippen LogP contribution in [0, 0.1) is 0 Å². The fourth-order valence-electron chi connectivity index (χ4n) is 1.11. The van der Waals surface area contributed by atoms with E-state index < -0.39 is 9.84 Å². The Labute approximate surface area is 97.3 Å². The van der Waals surface area contributed by atoms with Crippen molar-refractivity contribution in [1.82, 2.24) is 0 Å². The molecule has 0 aliphatic rings. The van der Waals surface area contributed by atoms with Crippen LogP contribution in [0.2, 0.25) is 5.02 Å². The maximum Gasteiger partial charge on any atom is 0.179 e. The first kappa shape index (κ1) is 12.0. The maximum atomic E-state index is 11.7. The summed E-state index contributed by atoms with van der Waals surface area (Å²) in [6, 6.07) is 4.79. The molecule has 0 amide bonds. The van der Waals surface area contributed by atoms with Gasteiger partial charge >= 0.3 is 0 Å². The highest BCUT2D eigenvalue weighted by molar-refractivity contribution is 9.10. The Kier molecular flexibility index (Phi) is 3.98. The molecule has 0 aliphatic heterocycles. The van der Waals surface area contributed by atoms with Gasteiger partial charge in [-0.25, -0.2) is 8.42 Å². The molecule has 1 rings (SSSR count). The Morgan fingerprint density at radius 1 is 1.43 bits per heavy atom. The van der Waals surface area contributed by atoms with Crippen LogP contribution >= 0.6 is 27.5 Å². The Bertz CT molecular complexity index is 428. The molecule has 0 saturated heterocycles. The van der Waals surface area contributed by atoms with Crippen LogP contribution in [-0.2, 0) is 9.84 Å². The van der Waals surface area contributed by atoms with E-state index in [-0.39, 0.29) is 15.7 Å². The summed E-state index contributed by atoms with van der Waals surface area (Å²) < 4.78 is 24.1. The third-order valence-electron chi connectivity index (χ3n) is 1.70. The van der Waals surface area contributed by atoms with Crippen molar-refractivity contribution in [3.8, 4) is 0 Å². The van der Waals surface area contributed by atoms with Gasteiger partial charge in [0.15, 0.2) is 9.84 Å². The fourth-order valence-corrected chi connectivity index (χ4v) is 3.52. The van der Waals surface area contributed by atoms with Gasteiger partial charge in [0.25, 0.3) is 0 Å². The Morgan fingerprint density at radius 3 is 2.57 bits per heavy atom. The maximum absolute atomic E-state index is 11.7. The monoisotopic (exact) mass is 296 g/mol. The van der Waals surface area contributed by atoms with E-state index in [1.54, 1.807) is 12.1 Å². The van der Waals surface area contributed by atoms with Crippen LogP contribution in [0.25, 0.3) is 0 Å². The summed E-state index contributed by atoms with van der Waals surface area (Å²) in [4.78, 5) is 0.212. The minimum Gasteiger partial charge on any atom is -0.224 e. The number of hydrogen-bond donors (Lipinski definition) is 0. The SMILES string of the molecule is CCCS(=O)(=O)c1ccc(Br)cc1Cl. The summed E-state index contributed by atoms with van der Waals surface area (Å²) in [7, 11) is -3.21. The van der Waals surface area contributed by atoms with E-state index in [4.69, 9.17) is 11.6 Å². The number of rotatable bonds is 3. The molecule has 0 radical (unpaired) electrons. The lowest BCUT2D eigenvalue weighted by molar-refractivity contribution is 0.595. The van der Waals surface area contributed by atoms with E-state index in [1.165, 1.54) is 6.07 Å². The van der Waals surface area contributed by atoms with Gasteiger partial charge in [0, 0.05) is 4.47 Å². The van der Waals surface area contributed by atoms with Crippen LogP contribution in [0.15, 0.2) is 27.6 Å². The van der Waals surface area contributed by atoms with Crippen molar-refractivity contribution in [3.05, 3.63) is 27.7 Å². The predicted octanol–water partition coefficient (Wildman–Crippen LogP) is 3.29. The second-order valence-corrected chi connectivity index (χ2v) is 6.29. The smallest absolute Gasteiger partial charge is 0.179 e. The van der Waals surface area contributed by atoms with Gasteiger partial charge in [0.2, 0.25) is 0 Å². The summed E-state index contributed by atoms with van der Waals surface area (Å²) in [5.41, 5.74) is 0. The van der Waals surface area contributed by atoms with Gasteiger partial charge in [-0.05, 0) is 24.6 Å². The molecule has 0 N–H and O–H groups in total. The standard InChI is InChI=1S/C9H10BrClO2S/c1-2-5-14(12,13)9-4-3-7(10)6-8(9)11/h3-4,6H,2,5H2,1H3. The molecule has 1 aromatic rings. The van der Waals surface area contributed by atoms with E-state index in [2.05, 4.69) is 15.9 Å². The lowest BCUT2D eigenvalue weighted by atomic mass is 10.4. The molecule has 1 aromatic carbocycles. The molecule has 0 saturated carbocycles. The average molecular weight is 298 g/mol. The first-order chi connectivity index (χ1) is 6.47. The summed E-state index contributed by atoms with van der Waals surface area (Å²) in [6.07, 6.45) is 0.592. The third kappa shape index (κ3) is 2.72. The molecule has 0 bridgehead atoms. The zero-order chi connectivity index (χ0) is 10.8. The van der Waals surface area contributed by atoms with Crippen molar-refractivity contribution in [1.29, 1.82) is 0 Å². The van der Waals surface area contributed by atoms with E-state index in [9.17, 15) is 8.42 Å². The molecule has 0 atom stereocenters. The summed E-state index contributed by atoms with van der Waals surface area (Å²) >= 11 is 9.06. The van der Waals surface area contributed by atoms with Gasteiger partial charge in [-0.2, -0.15) is 0 Å². The molecular weight excluding hydrogens is 288 g/mol. The second kappa shape index (κ2) is 4.64. The summed E-state index contributed by atoms with van der Waals surface area (Å²) in [5, 5.41) is 0.271. The molecular formula is C9H10BrClO2S. The molecule has 0 aromatic heterocycles. The Hall–Kier alpha value is -0.0600. The van der Waals surface area contributed by atoms with Crippen LogP contribution in [0.5, 0.6) is 0 Å². The highest BCUT2D eigenvalue weighted by Gasteiger charge is 2.16. The molecule has 5 heteroatoms. The van der Waals surface area contributed by atoms with E-state index >= 15 is 0 Å².